The van der Waals surface area contributed by atoms with Gasteiger partial charge in [-0.05, 0) is 30.9 Å². The second-order valence-corrected chi connectivity index (χ2v) is 7.06. The van der Waals surface area contributed by atoms with Gasteiger partial charge < -0.3 is 19.0 Å². The van der Waals surface area contributed by atoms with Crippen LogP contribution in [0, 0.1) is 5.92 Å². The SMILES string of the molecule is CC(C)CN(CC(=O)N(Cc1ccco1)C[C@@H]1CCCO1)C(=O)CCl. The van der Waals surface area contributed by atoms with Crippen LogP contribution in [-0.2, 0) is 20.9 Å². The van der Waals surface area contributed by atoms with Crippen molar-refractivity contribution in [1.29, 1.82) is 0 Å². The Morgan fingerprint density at radius 3 is 2.68 bits per heavy atom. The van der Waals surface area contributed by atoms with Crippen LogP contribution in [0.5, 0.6) is 0 Å². The van der Waals surface area contributed by atoms with E-state index in [1.807, 2.05) is 19.9 Å². The number of rotatable bonds is 9. The van der Waals surface area contributed by atoms with Crippen LogP contribution in [0.3, 0.4) is 0 Å². The molecule has 0 spiro atoms. The average molecular weight is 371 g/mol. The smallest absolute Gasteiger partial charge is 0.242 e. The van der Waals surface area contributed by atoms with Crippen molar-refractivity contribution in [2.45, 2.75) is 39.3 Å². The van der Waals surface area contributed by atoms with Gasteiger partial charge in [0.2, 0.25) is 11.8 Å². The molecular formula is C18H27ClN2O4. The molecule has 2 heterocycles. The lowest BCUT2D eigenvalue weighted by Gasteiger charge is -2.29. The summed E-state index contributed by atoms with van der Waals surface area (Å²) in [5.41, 5.74) is 0. The van der Waals surface area contributed by atoms with E-state index in [0.717, 1.165) is 19.4 Å². The van der Waals surface area contributed by atoms with E-state index in [-0.39, 0.29) is 36.3 Å². The summed E-state index contributed by atoms with van der Waals surface area (Å²) in [6.45, 7) is 6.15. The zero-order valence-electron chi connectivity index (χ0n) is 14.9. The number of furan rings is 1. The molecule has 0 radical (unpaired) electrons. The number of hydrogen-bond acceptors (Lipinski definition) is 4. The van der Waals surface area contributed by atoms with Gasteiger partial charge in [0.15, 0.2) is 0 Å². The number of hydrogen-bond donors (Lipinski definition) is 0. The molecule has 1 fully saturated rings. The Balaban J connectivity index is 2.04. The molecule has 0 aromatic carbocycles. The van der Waals surface area contributed by atoms with Gasteiger partial charge in [-0.25, -0.2) is 0 Å². The lowest BCUT2D eigenvalue weighted by Crippen LogP contribution is -2.46. The third-order valence-corrected chi connectivity index (χ3v) is 4.33. The van der Waals surface area contributed by atoms with Gasteiger partial charge in [-0.1, -0.05) is 13.8 Å². The summed E-state index contributed by atoms with van der Waals surface area (Å²) < 4.78 is 11.0. The average Bonchev–Trinajstić information content (AvgIpc) is 3.26. The van der Waals surface area contributed by atoms with Crippen LogP contribution < -0.4 is 0 Å². The minimum atomic E-state index is -0.223. The van der Waals surface area contributed by atoms with Gasteiger partial charge in [-0.15, -0.1) is 11.6 Å². The van der Waals surface area contributed by atoms with Crippen molar-refractivity contribution < 1.29 is 18.7 Å². The first-order chi connectivity index (χ1) is 12.0. The predicted molar refractivity (Wildman–Crippen MR) is 95.2 cm³/mol. The van der Waals surface area contributed by atoms with Gasteiger partial charge >= 0.3 is 0 Å². The van der Waals surface area contributed by atoms with Crippen LogP contribution in [0.25, 0.3) is 0 Å². The molecule has 0 N–H and O–H groups in total. The number of amides is 2. The van der Waals surface area contributed by atoms with Crippen LogP contribution in [0.2, 0.25) is 0 Å². The standard InChI is InChI=1S/C18H27ClN2O4/c1-14(2)10-20(17(22)9-19)13-18(23)21(11-15-5-3-7-24-15)12-16-6-4-8-25-16/h3,5,7,14,16H,4,6,8-13H2,1-2H3/t16-/m0/s1. The highest BCUT2D eigenvalue weighted by molar-refractivity contribution is 6.27. The number of carbonyl (C=O) groups is 2. The van der Waals surface area contributed by atoms with Crippen molar-refractivity contribution in [3.05, 3.63) is 24.2 Å². The van der Waals surface area contributed by atoms with Crippen LogP contribution >= 0.6 is 11.6 Å². The fourth-order valence-electron chi connectivity index (χ4n) is 2.92. The summed E-state index contributed by atoms with van der Waals surface area (Å²) >= 11 is 5.69. The molecule has 1 aromatic rings. The topological polar surface area (TPSA) is 63.0 Å². The van der Waals surface area contributed by atoms with Crippen LogP contribution in [0.4, 0.5) is 0 Å². The molecule has 0 aliphatic carbocycles. The molecule has 2 rings (SSSR count). The molecule has 1 aliphatic heterocycles. The van der Waals surface area contributed by atoms with E-state index in [2.05, 4.69) is 0 Å². The second-order valence-electron chi connectivity index (χ2n) is 6.79. The van der Waals surface area contributed by atoms with E-state index in [4.69, 9.17) is 20.8 Å². The number of alkyl halides is 1. The van der Waals surface area contributed by atoms with Crippen LogP contribution in [-0.4, -0.2) is 59.8 Å². The molecule has 1 saturated heterocycles. The van der Waals surface area contributed by atoms with Gasteiger partial charge in [0.1, 0.15) is 11.6 Å². The van der Waals surface area contributed by atoms with Gasteiger partial charge in [-0.3, -0.25) is 9.59 Å². The zero-order chi connectivity index (χ0) is 18.2. The maximum atomic E-state index is 12.9. The van der Waals surface area contributed by atoms with E-state index in [0.29, 0.717) is 25.4 Å². The van der Waals surface area contributed by atoms with E-state index in [1.54, 1.807) is 17.2 Å². The van der Waals surface area contributed by atoms with Crippen molar-refractivity contribution in [1.82, 2.24) is 9.80 Å². The zero-order valence-corrected chi connectivity index (χ0v) is 15.7. The minimum absolute atomic E-state index is 0.0250. The Hall–Kier alpha value is -1.53. The summed E-state index contributed by atoms with van der Waals surface area (Å²) in [5, 5.41) is 0. The van der Waals surface area contributed by atoms with E-state index < -0.39 is 0 Å². The molecule has 0 saturated carbocycles. The highest BCUT2D eigenvalue weighted by Crippen LogP contribution is 2.16. The van der Waals surface area contributed by atoms with E-state index in [1.165, 1.54) is 4.90 Å². The van der Waals surface area contributed by atoms with E-state index >= 15 is 0 Å². The summed E-state index contributed by atoms with van der Waals surface area (Å²) in [6.07, 6.45) is 3.59. The Morgan fingerprint density at radius 1 is 1.32 bits per heavy atom. The lowest BCUT2D eigenvalue weighted by atomic mass is 10.2. The normalized spacial score (nSPS) is 17.0. The van der Waals surface area contributed by atoms with Gasteiger partial charge in [0, 0.05) is 19.7 Å². The predicted octanol–water partition coefficient (Wildman–Crippen LogP) is 2.51. The number of carbonyl (C=O) groups excluding carboxylic acids is 2. The van der Waals surface area contributed by atoms with Crippen molar-refractivity contribution in [2.24, 2.45) is 5.92 Å². The molecular weight excluding hydrogens is 344 g/mol. The number of halogens is 1. The molecule has 6 nitrogen and oxygen atoms in total. The maximum Gasteiger partial charge on any atom is 0.242 e. The fourth-order valence-corrected chi connectivity index (χ4v) is 3.09. The highest BCUT2D eigenvalue weighted by Gasteiger charge is 2.26. The quantitative estimate of drug-likeness (QED) is 0.626. The Morgan fingerprint density at radius 2 is 2.12 bits per heavy atom. The molecule has 1 aromatic heterocycles. The first kappa shape index (κ1) is 19.8. The molecule has 2 amide bonds. The monoisotopic (exact) mass is 370 g/mol. The molecule has 1 atom stereocenters. The van der Waals surface area contributed by atoms with Crippen molar-refractivity contribution in [3.8, 4) is 0 Å². The first-order valence-electron chi connectivity index (χ1n) is 8.75. The van der Waals surface area contributed by atoms with Gasteiger partial charge in [-0.2, -0.15) is 0 Å². The summed E-state index contributed by atoms with van der Waals surface area (Å²) in [5.74, 6) is 0.510. The molecule has 7 heteroatoms. The molecule has 0 bridgehead atoms. The summed E-state index contributed by atoms with van der Waals surface area (Å²) in [6, 6.07) is 3.64. The fraction of sp³-hybridized carbons (Fsp3) is 0.667. The summed E-state index contributed by atoms with van der Waals surface area (Å²) in [7, 11) is 0. The number of ether oxygens (including phenoxy) is 1. The van der Waals surface area contributed by atoms with E-state index in [9.17, 15) is 9.59 Å². The Kier molecular flexibility index (Phi) is 7.78. The van der Waals surface area contributed by atoms with Crippen molar-refractivity contribution >= 4 is 23.4 Å². The Labute approximate surface area is 154 Å². The van der Waals surface area contributed by atoms with Crippen molar-refractivity contribution in [2.75, 3.05) is 32.1 Å². The largest absolute Gasteiger partial charge is 0.467 e. The van der Waals surface area contributed by atoms with Gasteiger partial charge in [0.25, 0.3) is 0 Å². The molecule has 140 valence electrons. The first-order valence-corrected chi connectivity index (χ1v) is 9.28. The number of nitrogens with zero attached hydrogens (tertiary/aromatic N) is 2. The minimum Gasteiger partial charge on any atom is -0.467 e. The third kappa shape index (κ3) is 6.36. The lowest BCUT2D eigenvalue weighted by molar-refractivity contribution is -0.141. The van der Waals surface area contributed by atoms with Crippen LogP contribution in [0.1, 0.15) is 32.4 Å². The molecule has 1 aliphatic rings. The summed E-state index contributed by atoms with van der Waals surface area (Å²) in [4.78, 5) is 28.2. The highest BCUT2D eigenvalue weighted by atomic mass is 35.5. The molecule has 0 unspecified atom stereocenters. The van der Waals surface area contributed by atoms with Crippen molar-refractivity contribution in [3.63, 3.8) is 0 Å². The third-order valence-electron chi connectivity index (χ3n) is 4.11. The molecule has 25 heavy (non-hydrogen) atoms. The van der Waals surface area contributed by atoms with Gasteiger partial charge in [0.05, 0.1) is 25.5 Å². The van der Waals surface area contributed by atoms with Crippen LogP contribution in [0.15, 0.2) is 22.8 Å². The second kappa shape index (κ2) is 9.82. The maximum absolute atomic E-state index is 12.9. The Bertz CT molecular complexity index is 541.